The van der Waals surface area contributed by atoms with Crippen LogP contribution in [0.25, 0.3) is 0 Å². The lowest BCUT2D eigenvalue weighted by Crippen LogP contribution is -2.01. The van der Waals surface area contributed by atoms with Gasteiger partial charge in [-0.1, -0.05) is 30.3 Å². The van der Waals surface area contributed by atoms with Gasteiger partial charge in [0.2, 0.25) is 0 Å². The minimum atomic E-state index is 0.509. The van der Waals surface area contributed by atoms with Gasteiger partial charge in [-0.15, -0.1) is 0 Å². The Hall–Kier alpha value is -3.14. The second-order valence-corrected chi connectivity index (χ2v) is 7.11. The second kappa shape index (κ2) is 7.85. The first-order chi connectivity index (χ1) is 13.7. The Bertz CT molecular complexity index is 983. The van der Waals surface area contributed by atoms with Gasteiger partial charge in [-0.2, -0.15) is 0 Å². The van der Waals surface area contributed by atoms with Gasteiger partial charge in [-0.25, -0.2) is 0 Å². The maximum atomic E-state index is 6.31. The summed E-state index contributed by atoms with van der Waals surface area (Å²) >= 11 is 0. The molecule has 0 heterocycles. The lowest BCUT2D eigenvalue weighted by atomic mass is 10.0. The van der Waals surface area contributed by atoms with Crippen molar-refractivity contribution in [2.45, 2.75) is 32.8 Å². The van der Waals surface area contributed by atoms with Crippen molar-refractivity contribution >= 4 is 5.69 Å². The van der Waals surface area contributed by atoms with E-state index in [9.17, 15) is 0 Å². The van der Waals surface area contributed by atoms with Crippen molar-refractivity contribution in [3.05, 3.63) is 76.9 Å². The molecular formula is C24H25NO3. The van der Waals surface area contributed by atoms with Gasteiger partial charge in [-0.3, -0.25) is 0 Å². The molecule has 2 N–H and O–H groups in total. The fourth-order valence-electron chi connectivity index (χ4n) is 3.75. The predicted octanol–water partition coefficient (Wildman–Crippen LogP) is 5.45. The number of ether oxygens (including phenoxy) is 3. The molecule has 0 aliphatic heterocycles. The Morgan fingerprint density at radius 3 is 2.50 bits per heavy atom. The van der Waals surface area contributed by atoms with Crippen LogP contribution < -0.4 is 19.9 Å². The maximum absolute atomic E-state index is 6.31. The van der Waals surface area contributed by atoms with Gasteiger partial charge in [0.15, 0.2) is 11.5 Å². The standard InChI is InChI=1S/C24H25NO3/c1-16-13-21(25)19-9-6-10-20(19)24(16)28-22-12-11-18(14-23(22)26-2)27-15-17-7-4-3-5-8-17/h3-5,7-8,11-14H,6,9-10,15,25H2,1-2H3. The number of benzene rings is 3. The molecule has 0 atom stereocenters. The number of methoxy groups -OCH3 is 1. The Kier molecular flexibility index (Phi) is 5.11. The van der Waals surface area contributed by atoms with E-state index in [0.717, 1.165) is 47.6 Å². The Labute approximate surface area is 165 Å². The molecular weight excluding hydrogens is 350 g/mol. The summed E-state index contributed by atoms with van der Waals surface area (Å²) in [5, 5.41) is 0. The van der Waals surface area contributed by atoms with E-state index in [4.69, 9.17) is 19.9 Å². The van der Waals surface area contributed by atoms with Crippen molar-refractivity contribution in [2.75, 3.05) is 12.8 Å². The molecule has 0 unspecified atom stereocenters. The molecule has 0 fully saturated rings. The summed E-state index contributed by atoms with van der Waals surface area (Å²) < 4.78 is 17.8. The predicted molar refractivity (Wildman–Crippen MR) is 111 cm³/mol. The van der Waals surface area contributed by atoms with Crippen LogP contribution in [0.1, 0.15) is 28.7 Å². The van der Waals surface area contributed by atoms with Crippen molar-refractivity contribution in [1.82, 2.24) is 0 Å². The third-order valence-corrected chi connectivity index (χ3v) is 5.17. The van der Waals surface area contributed by atoms with E-state index in [1.807, 2.05) is 61.5 Å². The Morgan fingerprint density at radius 1 is 0.929 bits per heavy atom. The number of nitrogens with two attached hydrogens (primary N) is 1. The smallest absolute Gasteiger partial charge is 0.169 e. The molecule has 1 aliphatic rings. The first kappa shape index (κ1) is 18.2. The highest BCUT2D eigenvalue weighted by atomic mass is 16.5. The summed E-state index contributed by atoms with van der Waals surface area (Å²) in [4.78, 5) is 0. The van der Waals surface area contributed by atoms with Crippen molar-refractivity contribution in [1.29, 1.82) is 0 Å². The quantitative estimate of drug-likeness (QED) is 0.583. The van der Waals surface area contributed by atoms with Crippen LogP contribution >= 0.6 is 0 Å². The zero-order chi connectivity index (χ0) is 19.5. The van der Waals surface area contributed by atoms with Crippen LogP contribution in [0.2, 0.25) is 0 Å². The fraction of sp³-hybridized carbons (Fsp3) is 0.250. The molecule has 0 aromatic heterocycles. The van der Waals surface area contributed by atoms with Crippen LogP contribution in [-0.2, 0) is 19.4 Å². The fourth-order valence-corrected chi connectivity index (χ4v) is 3.75. The summed E-state index contributed by atoms with van der Waals surface area (Å²) in [6.07, 6.45) is 3.13. The lowest BCUT2D eigenvalue weighted by Gasteiger charge is -2.17. The van der Waals surface area contributed by atoms with Crippen molar-refractivity contribution in [2.24, 2.45) is 0 Å². The number of hydrogen-bond acceptors (Lipinski definition) is 4. The molecule has 4 heteroatoms. The van der Waals surface area contributed by atoms with Gasteiger partial charge in [0, 0.05) is 17.3 Å². The van der Waals surface area contributed by atoms with Crippen LogP contribution in [0.15, 0.2) is 54.6 Å². The van der Waals surface area contributed by atoms with Crippen LogP contribution in [-0.4, -0.2) is 7.11 Å². The third kappa shape index (κ3) is 3.63. The summed E-state index contributed by atoms with van der Waals surface area (Å²) in [7, 11) is 1.64. The monoisotopic (exact) mass is 375 g/mol. The molecule has 144 valence electrons. The van der Waals surface area contributed by atoms with Gasteiger partial charge in [-0.05, 0) is 61.1 Å². The van der Waals surface area contributed by atoms with Gasteiger partial charge in [0.1, 0.15) is 18.1 Å². The zero-order valence-electron chi connectivity index (χ0n) is 16.3. The van der Waals surface area contributed by atoms with E-state index in [-0.39, 0.29) is 0 Å². The van der Waals surface area contributed by atoms with Crippen molar-refractivity contribution < 1.29 is 14.2 Å². The summed E-state index contributed by atoms with van der Waals surface area (Å²) in [5.41, 5.74) is 11.7. The van der Waals surface area contributed by atoms with Crippen LogP contribution in [0.5, 0.6) is 23.0 Å². The summed E-state index contributed by atoms with van der Waals surface area (Å²) in [6.45, 7) is 2.54. The number of fused-ring (bicyclic) bond motifs is 1. The van der Waals surface area contributed by atoms with Crippen molar-refractivity contribution in [3.63, 3.8) is 0 Å². The number of anilines is 1. The van der Waals surface area contributed by atoms with E-state index in [0.29, 0.717) is 18.1 Å². The number of rotatable bonds is 6. The molecule has 3 aromatic carbocycles. The average molecular weight is 375 g/mol. The summed E-state index contributed by atoms with van der Waals surface area (Å²) in [5.74, 6) is 2.97. The van der Waals surface area contributed by atoms with Gasteiger partial charge < -0.3 is 19.9 Å². The first-order valence-corrected chi connectivity index (χ1v) is 9.59. The van der Waals surface area contributed by atoms with Crippen LogP contribution in [0, 0.1) is 6.92 Å². The number of nitrogen functional groups attached to an aromatic ring is 1. The largest absolute Gasteiger partial charge is 0.493 e. The van der Waals surface area contributed by atoms with E-state index in [2.05, 4.69) is 0 Å². The Balaban J connectivity index is 1.57. The third-order valence-electron chi connectivity index (χ3n) is 5.17. The minimum Gasteiger partial charge on any atom is -0.493 e. The highest BCUT2D eigenvalue weighted by Gasteiger charge is 2.22. The highest BCUT2D eigenvalue weighted by Crippen LogP contribution is 2.42. The molecule has 0 radical (unpaired) electrons. The summed E-state index contributed by atoms with van der Waals surface area (Å²) in [6, 6.07) is 17.8. The zero-order valence-corrected chi connectivity index (χ0v) is 16.3. The molecule has 0 saturated heterocycles. The first-order valence-electron chi connectivity index (χ1n) is 9.59. The van der Waals surface area contributed by atoms with E-state index < -0.39 is 0 Å². The molecule has 4 rings (SSSR count). The average Bonchev–Trinajstić information content (AvgIpc) is 3.21. The lowest BCUT2D eigenvalue weighted by molar-refractivity contribution is 0.301. The molecule has 1 aliphatic carbocycles. The SMILES string of the molecule is COc1cc(OCc2ccccc2)ccc1Oc1c(C)cc(N)c2c1CCC2. The molecule has 0 saturated carbocycles. The molecule has 0 amide bonds. The number of aryl methyl sites for hydroxylation is 1. The highest BCUT2D eigenvalue weighted by molar-refractivity contribution is 5.63. The maximum Gasteiger partial charge on any atom is 0.169 e. The molecule has 4 nitrogen and oxygen atoms in total. The van der Waals surface area contributed by atoms with Crippen molar-refractivity contribution in [3.8, 4) is 23.0 Å². The molecule has 0 spiro atoms. The van der Waals surface area contributed by atoms with E-state index >= 15 is 0 Å². The van der Waals surface area contributed by atoms with Gasteiger partial charge >= 0.3 is 0 Å². The van der Waals surface area contributed by atoms with E-state index in [1.165, 1.54) is 11.1 Å². The van der Waals surface area contributed by atoms with E-state index in [1.54, 1.807) is 7.11 Å². The van der Waals surface area contributed by atoms with Gasteiger partial charge in [0.05, 0.1) is 7.11 Å². The normalized spacial score (nSPS) is 12.5. The molecule has 28 heavy (non-hydrogen) atoms. The van der Waals surface area contributed by atoms with Crippen LogP contribution in [0.4, 0.5) is 5.69 Å². The molecule has 0 bridgehead atoms. The number of hydrogen-bond donors (Lipinski definition) is 1. The topological polar surface area (TPSA) is 53.7 Å². The Morgan fingerprint density at radius 2 is 1.71 bits per heavy atom. The minimum absolute atomic E-state index is 0.509. The van der Waals surface area contributed by atoms with Crippen LogP contribution in [0.3, 0.4) is 0 Å². The van der Waals surface area contributed by atoms with Gasteiger partial charge in [0.25, 0.3) is 0 Å². The second-order valence-electron chi connectivity index (χ2n) is 7.11. The molecule has 3 aromatic rings.